The van der Waals surface area contributed by atoms with Crippen LogP contribution in [0, 0.1) is 0 Å². The van der Waals surface area contributed by atoms with Crippen molar-refractivity contribution in [2.24, 2.45) is 0 Å². The number of rotatable bonds is 6. The molecule has 2 heterocycles. The lowest BCUT2D eigenvalue weighted by atomic mass is 10.00. The molecule has 0 saturated heterocycles. The Morgan fingerprint density at radius 3 is 2.75 bits per heavy atom. The molecular weight excluding hydrogens is 392 g/mol. The Labute approximate surface area is 173 Å². The fourth-order valence-electron chi connectivity index (χ4n) is 3.46. The van der Waals surface area contributed by atoms with Gasteiger partial charge in [0, 0.05) is 25.6 Å². The van der Waals surface area contributed by atoms with Crippen molar-refractivity contribution in [2.75, 3.05) is 11.4 Å². The second-order valence-electron chi connectivity index (χ2n) is 7.24. The van der Waals surface area contributed by atoms with Crippen molar-refractivity contribution in [3.05, 3.63) is 35.4 Å². The lowest BCUT2D eigenvalue weighted by Crippen LogP contribution is -2.40. The van der Waals surface area contributed by atoms with Gasteiger partial charge in [0.1, 0.15) is 0 Å². The van der Waals surface area contributed by atoms with Gasteiger partial charge in [0.15, 0.2) is 4.34 Å². The molecular formula is C20H24N4O2S2. The van der Waals surface area contributed by atoms with Crippen LogP contribution in [0.15, 0.2) is 28.6 Å². The summed E-state index contributed by atoms with van der Waals surface area (Å²) in [5.74, 6) is 0.214. The second-order valence-corrected chi connectivity index (χ2v) is 9.78. The van der Waals surface area contributed by atoms with E-state index in [1.165, 1.54) is 34.2 Å². The fraction of sp³-hybridized carbons (Fsp3) is 0.500. The predicted octanol–water partition coefficient (Wildman–Crippen LogP) is 3.51. The lowest BCUT2D eigenvalue weighted by molar-refractivity contribution is -0.131. The molecule has 0 bridgehead atoms. The van der Waals surface area contributed by atoms with Gasteiger partial charge in [0.05, 0.1) is 5.25 Å². The maximum atomic E-state index is 12.9. The first-order valence-electron chi connectivity index (χ1n) is 9.74. The molecule has 1 aliphatic carbocycles. The summed E-state index contributed by atoms with van der Waals surface area (Å²) in [6, 6.07) is 8.58. The molecule has 0 N–H and O–H groups in total. The molecule has 2 aliphatic rings. The quantitative estimate of drug-likeness (QED) is 0.533. The van der Waals surface area contributed by atoms with Crippen molar-refractivity contribution >= 4 is 40.0 Å². The van der Waals surface area contributed by atoms with Crippen molar-refractivity contribution in [3.8, 4) is 0 Å². The highest BCUT2D eigenvalue weighted by Crippen LogP contribution is 2.37. The number of carbonyl (C=O) groups is 2. The number of amides is 2. The van der Waals surface area contributed by atoms with E-state index in [0.29, 0.717) is 18.1 Å². The average molecular weight is 417 g/mol. The van der Waals surface area contributed by atoms with E-state index in [0.717, 1.165) is 30.1 Å². The number of hydrogen-bond donors (Lipinski definition) is 0. The summed E-state index contributed by atoms with van der Waals surface area (Å²) in [4.78, 5) is 28.9. The number of anilines is 1. The summed E-state index contributed by atoms with van der Waals surface area (Å²) in [6.45, 7) is 5.21. The van der Waals surface area contributed by atoms with E-state index in [1.54, 1.807) is 4.90 Å². The minimum absolute atomic E-state index is 0.0892. The monoisotopic (exact) mass is 416 g/mol. The Kier molecular flexibility index (Phi) is 5.68. The zero-order valence-electron chi connectivity index (χ0n) is 16.1. The van der Waals surface area contributed by atoms with Crippen LogP contribution in [-0.2, 0) is 22.6 Å². The van der Waals surface area contributed by atoms with Crippen molar-refractivity contribution in [2.45, 2.75) is 61.7 Å². The number of carbonyl (C=O) groups excluding carboxylic acids is 2. The highest BCUT2D eigenvalue weighted by molar-refractivity contribution is 8.02. The van der Waals surface area contributed by atoms with Gasteiger partial charge in [-0.15, -0.1) is 10.2 Å². The van der Waals surface area contributed by atoms with E-state index in [1.807, 2.05) is 24.8 Å². The average Bonchev–Trinajstić information content (AvgIpc) is 3.45. The standard InChI is InChI=1S/C20H24N4O2S2/c1-3-17(25)24(16-8-9-16)19-21-22-20(28-19)27-13(2)18(26)23-11-10-14-6-4-5-7-15(14)12-23/h4-7,13,16H,3,8-12H2,1-2H3/t13-/m1/s1. The zero-order valence-corrected chi connectivity index (χ0v) is 17.8. The Morgan fingerprint density at radius 1 is 1.29 bits per heavy atom. The number of fused-ring (bicyclic) bond motifs is 1. The number of benzene rings is 1. The van der Waals surface area contributed by atoms with Gasteiger partial charge in [-0.05, 0) is 37.3 Å². The third-order valence-electron chi connectivity index (χ3n) is 5.15. The lowest BCUT2D eigenvalue weighted by Gasteiger charge is -2.30. The van der Waals surface area contributed by atoms with E-state index >= 15 is 0 Å². The van der Waals surface area contributed by atoms with Crippen molar-refractivity contribution < 1.29 is 9.59 Å². The summed E-state index contributed by atoms with van der Waals surface area (Å²) in [7, 11) is 0. The molecule has 8 heteroatoms. The number of aromatic nitrogens is 2. The Hall–Kier alpha value is -1.93. The number of hydrogen-bond acceptors (Lipinski definition) is 6. The van der Waals surface area contributed by atoms with Gasteiger partial charge in [-0.1, -0.05) is 54.3 Å². The molecule has 1 aliphatic heterocycles. The SMILES string of the molecule is CCC(=O)N(c1nnc(S[C@H](C)C(=O)N2CCc3ccccc3C2)s1)C1CC1. The van der Waals surface area contributed by atoms with Crippen LogP contribution in [0.5, 0.6) is 0 Å². The van der Waals surface area contributed by atoms with Gasteiger partial charge < -0.3 is 4.90 Å². The summed E-state index contributed by atoms with van der Waals surface area (Å²) in [5.41, 5.74) is 2.57. The van der Waals surface area contributed by atoms with Crippen LogP contribution in [0.3, 0.4) is 0 Å². The summed E-state index contributed by atoms with van der Waals surface area (Å²) < 4.78 is 0.739. The molecule has 1 atom stereocenters. The van der Waals surface area contributed by atoms with Gasteiger partial charge >= 0.3 is 0 Å². The third-order valence-corrected chi connectivity index (χ3v) is 7.25. The fourth-order valence-corrected chi connectivity index (χ4v) is 5.62. The summed E-state index contributed by atoms with van der Waals surface area (Å²) in [5, 5.41) is 8.89. The smallest absolute Gasteiger partial charge is 0.236 e. The van der Waals surface area contributed by atoms with Crippen molar-refractivity contribution in [3.63, 3.8) is 0 Å². The van der Waals surface area contributed by atoms with Crippen LogP contribution in [0.2, 0.25) is 0 Å². The topological polar surface area (TPSA) is 66.4 Å². The molecule has 4 rings (SSSR count). The predicted molar refractivity (Wildman–Crippen MR) is 112 cm³/mol. The highest BCUT2D eigenvalue weighted by atomic mass is 32.2. The van der Waals surface area contributed by atoms with Crippen molar-refractivity contribution in [1.82, 2.24) is 15.1 Å². The van der Waals surface area contributed by atoms with Crippen LogP contribution < -0.4 is 4.90 Å². The van der Waals surface area contributed by atoms with Crippen LogP contribution >= 0.6 is 23.1 Å². The summed E-state index contributed by atoms with van der Waals surface area (Å²) >= 11 is 2.84. The van der Waals surface area contributed by atoms with E-state index in [4.69, 9.17) is 0 Å². The van der Waals surface area contributed by atoms with Crippen LogP contribution in [0.4, 0.5) is 5.13 Å². The second kappa shape index (κ2) is 8.21. The molecule has 1 fully saturated rings. The van der Waals surface area contributed by atoms with E-state index < -0.39 is 0 Å². The molecule has 1 aromatic carbocycles. The zero-order chi connectivity index (χ0) is 19.7. The van der Waals surface area contributed by atoms with Gasteiger partial charge in [-0.25, -0.2) is 0 Å². The first kappa shape index (κ1) is 19.4. The molecule has 2 amide bonds. The van der Waals surface area contributed by atoms with Crippen LogP contribution in [0.25, 0.3) is 0 Å². The Balaban J connectivity index is 1.40. The first-order chi connectivity index (χ1) is 13.6. The minimum Gasteiger partial charge on any atom is -0.337 e. The maximum Gasteiger partial charge on any atom is 0.236 e. The first-order valence-corrected chi connectivity index (χ1v) is 11.4. The molecule has 28 heavy (non-hydrogen) atoms. The normalized spacial score (nSPS) is 17.1. The van der Waals surface area contributed by atoms with E-state index in [-0.39, 0.29) is 23.1 Å². The van der Waals surface area contributed by atoms with Gasteiger partial charge in [0.2, 0.25) is 16.9 Å². The molecule has 0 radical (unpaired) electrons. The van der Waals surface area contributed by atoms with Gasteiger partial charge in [-0.2, -0.15) is 0 Å². The molecule has 0 spiro atoms. The summed E-state index contributed by atoms with van der Waals surface area (Å²) in [6.07, 6.45) is 3.42. The van der Waals surface area contributed by atoms with Gasteiger partial charge in [-0.3, -0.25) is 14.5 Å². The van der Waals surface area contributed by atoms with Crippen LogP contribution in [-0.4, -0.2) is 44.7 Å². The molecule has 2 aromatic rings. The number of thioether (sulfide) groups is 1. The Morgan fingerprint density at radius 2 is 2.04 bits per heavy atom. The molecule has 1 aromatic heterocycles. The molecule has 148 valence electrons. The molecule has 0 unspecified atom stereocenters. The van der Waals surface area contributed by atoms with Gasteiger partial charge in [0.25, 0.3) is 0 Å². The minimum atomic E-state index is -0.234. The Bertz CT molecular complexity index is 881. The number of nitrogens with zero attached hydrogens (tertiary/aromatic N) is 4. The van der Waals surface area contributed by atoms with Crippen molar-refractivity contribution in [1.29, 1.82) is 0 Å². The van der Waals surface area contributed by atoms with E-state index in [2.05, 4.69) is 28.4 Å². The third kappa shape index (κ3) is 4.07. The maximum absolute atomic E-state index is 12.9. The molecule has 6 nitrogen and oxygen atoms in total. The van der Waals surface area contributed by atoms with Crippen LogP contribution in [0.1, 0.15) is 44.2 Å². The highest BCUT2D eigenvalue weighted by Gasteiger charge is 2.35. The van der Waals surface area contributed by atoms with E-state index in [9.17, 15) is 9.59 Å². The largest absolute Gasteiger partial charge is 0.337 e. The molecule has 1 saturated carbocycles.